The molecule has 4 aliphatic rings. The Morgan fingerprint density at radius 1 is 0.771 bits per heavy atom. The molecule has 0 fully saturated rings. The van der Waals surface area contributed by atoms with Crippen molar-refractivity contribution in [2.24, 2.45) is 10.9 Å². The van der Waals surface area contributed by atoms with Gasteiger partial charge >= 0.3 is 6.09 Å². The summed E-state index contributed by atoms with van der Waals surface area (Å²) in [7, 11) is 0. The number of fused-ring (bicyclic) bond motifs is 4. The summed E-state index contributed by atoms with van der Waals surface area (Å²) in [5.74, 6) is 0.239. The van der Waals surface area contributed by atoms with Gasteiger partial charge in [-0.1, -0.05) is 5.16 Å². The van der Waals surface area contributed by atoms with Crippen molar-refractivity contribution < 1.29 is 19.5 Å². The van der Waals surface area contributed by atoms with Gasteiger partial charge in [-0.05, 0) is 123 Å². The fourth-order valence-corrected chi connectivity index (χ4v) is 6.16. The van der Waals surface area contributed by atoms with Gasteiger partial charge in [0.25, 0.3) is 0 Å². The summed E-state index contributed by atoms with van der Waals surface area (Å²) in [5, 5.41) is 14.7. The number of ketones is 1. The van der Waals surface area contributed by atoms with Gasteiger partial charge in [0.1, 0.15) is 5.60 Å². The smallest absolute Gasteiger partial charge is 0.408 e. The predicted molar refractivity (Wildman–Crippen MR) is 182 cm³/mol. The number of aryl methyl sites for hydroxylation is 4. The second-order valence-electron chi connectivity index (χ2n) is 13.1. The number of rotatable bonds is 1. The quantitative estimate of drug-likeness (QED) is 0.165. The number of hydrogen-bond donors (Lipinski definition) is 3. The molecular weight excluding hydrogens is 606 g/mol. The normalized spacial score (nSPS) is 18.8. The number of pyridine rings is 4. The molecule has 8 rings (SSSR count). The lowest BCUT2D eigenvalue weighted by atomic mass is 10.1. The van der Waals surface area contributed by atoms with E-state index >= 15 is 0 Å². The number of aromatic nitrogens is 4. The molecule has 0 bridgehead atoms. The molecular formula is C37H43N7O4. The first-order valence-electron chi connectivity index (χ1n) is 16.3. The van der Waals surface area contributed by atoms with Crippen LogP contribution in [0.15, 0.2) is 79.0 Å². The molecule has 11 heteroatoms. The molecule has 48 heavy (non-hydrogen) atoms. The van der Waals surface area contributed by atoms with E-state index in [4.69, 9.17) is 15.7 Å². The highest BCUT2D eigenvalue weighted by Crippen LogP contribution is 2.30. The van der Waals surface area contributed by atoms with E-state index in [0.717, 1.165) is 72.9 Å². The van der Waals surface area contributed by atoms with Crippen molar-refractivity contribution in [3.05, 3.63) is 118 Å². The van der Waals surface area contributed by atoms with Gasteiger partial charge in [-0.2, -0.15) is 0 Å². The van der Waals surface area contributed by atoms with Crippen molar-refractivity contribution in [1.29, 1.82) is 0 Å². The van der Waals surface area contributed by atoms with Crippen LogP contribution in [0.25, 0.3) is 0 Å². The minimum atomic E-state index is -0.458. The fraction of sp³-hybridized carbons (Fsp3) is 0.378. The van der Waals surface area contributed by atoms with E-state index in [9.17, 15) is 9.59 Å². The Bertz CT molecular complexity index is 1770. The van der Waals surface area contributed by atoms with E-state index in [2.05, 4.69) is 36.5 Å². The van der Waals surface area contributed by atoms with Gasteiger partial charge < -0.3 is 21.0 Å². The highest BCUT2D eigenvalue weighted by Gasteiger charge is 2.26. The first kappa shape index (κ1) is 34.3. The Labute approximate surface area is 281 Å². The highest BCUT2D eigenvalue weighted by molar-refractivity contribution is 6.03. The lowest BCUT2D eigenvalue weighted by molar-refractivity contribution is 0.0503. The highest BCUT2D eigenvalue weighted by atomic mass is 16.6. The Morgan fingerprint density at radius 2 is 1.31 bits per heavy atom. The lowest BCUT2D eigenvalue weighted by Gasteiger charge is -2.22. The molecule has 2 atom stereocenters. The number of carbonyl (C=O) groups is 2. The summed E-state index contributed by atoms with van der Waals surface area (Å²) < 4.78 is 5.24. The molecule has 4 N–H and O–H groups in total. The topological polar surface area (TPSA) is 166 Å². The molecule has 0 saturated heterocycles. The number of hydrogen-bond acceptors (Lipinski definition) is 10. The number of nitrogens with one attached hydrogen (secondary N) is 1. The number of oxime groups is 1. The molecule has 0 spiro atoms. The summed E-state index contributed by atoms with van der Waals surface area (Å²) in [4.78, 5) is 38.7. The third-order valence-electron chi connectivity index (χ3n) is 8.59. The largest absolute Gasteiger partial charge is 0.444 e. The van der Waals surface area contributed by atoms with Crippen LogP contribution in [0.4, 0.5) is 4.79 Å². The maximum absolute atomic E-state index is 11.7. The zero-order valence-corrected chi connectivity index (χ0v) is 27.7. The lowest BCUT2D eigenvalue weighted by Crippen LogP contribution is -2.34. The third-order valence-corrected chi connectivity index (χ3v) is 8.59. The van der Waals surface area contributed by atoms with Crippen LogP contribution in [-0.4, -0.2) is 48.3 Å². The number of alkyl carbamates (subject to hydrolysis) is 1. The van der Waals surface area contributed by atoms with E-state index in [-0.39, 0.29) is 24.0 Å². The van der Waals surface area contributed by atoms with E-state index in [1.807, 2.05) is 57.6 Å². The minimum Gasteiger partial charge on any atom is -0.444 e. The number of ether oxygens (including phenoxy) is 1. The van der Waals surface area contributed by atoms with Crippen molar-refractivity contribution in [3.8, 4) is 0 Å². The Hall–Kier alpha value is -5.03. The van der Waals surface area contributed by atoms with Gasteiger partial charge in [0.05, 0.1) is 11.8 Å². The van der Waals surface area contributed by atoms with Crippen molar-refractivity contribution >= 4 is 17.6 Å². The molecule has 11 nitrogen and oxygen atoms in total. The van der Waals surface area contributed by atoms with Gasteiger partial charge in [0.15, 0.2) is 5.78 Å². The molecule has 0 aliphatic heterocycles. The number of amides is 1. The van der Waals surface area contributed by atoms with E-state index < -0.39 is 5.60 Å². The molecule has 4 aliphatic carbocycles. The first-order chi connectivity index (χ1) is 23.1. The van der Waals surface area contributed by atoms with Gasteiger partial charge in [-0.25, -0.2) is 4.79 Å². The molecule has 250 valence electrons. The van der Waals surface area contributed by atoms with Gasteiger partial charge in [0, 0.05) is 73.2 Å². The Kier molecular flexibility index (Phi) is 11.2. The summed E-state index contributed by atoms with van der Waals surface area (Å²) in [5.41, 5.74) is 15.3. The fourth-order valence-electron chi connectivity index (χ4n) is 6.16. The molecule has 1 amide bonds. The number of nitrogens with two attached hydrogens (primary N) is 1. The second kappa shape index (κ2) is 15.7. The Morgan fingerprint density at radius 3 is 1.94 bits per heavy atom. The SMILES string of the molecule is CC(C)(C)OC(=O)NC1CCc2ccncc21.NC1CCc2ccncc21.O/N=C1/CCc2ccncc21.O=C1CCc2ccncc21. The summed E-state index contributed by atoms with van der Waals surface area (Å²) in [6.45, 7) is 5.57. The molecule has 0 saturated carbocycles. The second-order valence-corrected chi connectivity index (χ2v) is 13.1. The molecule has 4 aromatic rings. The average molecular weight is 650 g/mol. The third kappa shape index (κ3) is 8.86. The van der Waals surface area contributed by atoms with Crippen LogP contribution < -0.4 is 11.1 Å². The van der Waals surface area contributed by atoms with Crippen LogP contribution >= 0.6 is 0 Å². The molecule has 4 aromatic heterocycles. The van der Waals surface area contributed by atoms with Gasteiger partial charge in [0.2, 0.25) is 0 Å². The maximum atomic E-state index is 11.7. The molecule has 0 aromatic carbocycles. The van der Waals surface area contributed by atoms with Crippen LogP contribution in [0, 0.1) is 0 Å². The number of carbonyl (C=O) groups excluding carboxylic acids is 2. The predicted octanol–water partition coefficient (Wildman–Crippen LogP) is 6.04. The van der Waals surface area contributed by atoms with Crippen LogP contribution in [0.1, 0.15) is 108 Å². The molecule has 0 radical (unpaired) electrons. The standard InChI is InChI=1S/C13H18N2O2.C8H8N2O.C8H10N2.C8H7NO/c1-13(2,3)17-12(16)15-11-5-4-9-6-7-14-8-10(9)11;11-10-8-2-1-6-3-4-9-5-7(6)8;9-8-2-1-6-3-4-10-5-7(6)8;10-8-2-1-6-3-4-9-5-7(6)8/h6-8,11H,4-5H2,1-3H3,(H,15,16);3-5,11H,1-2H2;3-5,8H,1-2,9H2;3-5H,1-2H2/b;10-8-;;. The van der Waals surface area contributed by atoms with Crippen LogP contribution in [0.5, 0.6) is 0 Å². The van der Waals surface area contributed by atoms with Gasteiger partial charge in [-0.15, -0.1) is 0 Å². The summed E-state index contributed by atoms with van der Waals surface area (Å²) >= 11 is 0. The van der Waals surface area contributed by atoms with Crippen LogP contribution in [-0.2, 0) is 30.4 Å². The van der Waals surface area contributed by atoms with Crippen LogP contribution in [0.3, 0.4) is 0 Å². The van der Waals surface area contributed by atoms with E-state index in [0.29, 0.717) is 6.42 Å². The monoisotopic (exact) mass is 649 g/mol. The average Bonchev–Trinajstić information content (AvgIpc) is 3.88. The van der Waals surface area contributed by atoms with Gasteiger partial charge in [-0.3, -0.25) is 24.7 Å². The zero-order valence-electron chi connectivity index (χ0n) is 27.7. The first-order valence-corrected chi connectivity index (χ1v) is 16.3. The van der Waals surface area contributed by atoms with Crippen molar-refractivity contribution in [2.45, 2.75) is 89.8 Å². The Balaban J connectivity index is 0.000000129. The molecule has 2 unspecified atom stereocenters. The van der Waals surface area contributed by atoms with Crippen molar-refractivity contribution in [3.63, 3.8) is 0 Å². The summed E-state index contributed by atoms with van der Waals surface area (Å²) in [6, 6.07) is 8.22. The summed E-state index contributed by atoms with van der Waals surface area (Å²) in [6.07, 6.45) is 21.3. The van der Waals surface area contributed by atoms with Crippen molar-refractivity contribution in [1.82, 2.24) is 25.3 Å². The number of nitrogens with zero attached hydrogens (tertiary/aromatic N) is 5. The molecule has 4 heterocycles. The van der Waals surface area contributed by atoms with E-state index in [1.54, 1.807) is 31.0 Å². The minimum absolute atomic E-state index is 0.0357. The zero-order chi connectivity index (χ0) is 34.1. The van der Waals surface area contributed by atoms with E-state index in [1.165, 1.54) is 22.3 Å². The number of Topliss-reactive ketones (excluding diaryl/α,β-unsaturated/α-hetero) is 1. The maximum Gasteiger partial charge on any atom is 0.408 e. The van der Waals surface area contributed by atoms with Crippen LogP contribution in [0.2, 0.25) is 0 Å². The van der Waals surface area contributed by atoms with Crippen molar-refractivity contribution in [2.75, 3.05) is 0 Å².